The van der Waals surface area contributed by atoms with Gasteiger partial charge in [0.05, 0.1) is 0 Å². The number of aryl methyl sites for hydroxylation is 1. The molecule has 2 aromatic rings. The van der Waals surface area contributed by atoms with Crippen LogP contribution in [0.15, 0.2) is 54.9 Å². The van der Waals surface area contributed by atoms with Gasteiger partial charge < -0.3 is 5.32 Å². The average molecular weight is 277 g/mol. The van der Waals surface area contributed by atoms with Crippen molar-refractivity contribution in [2.75, 3.05) is 0 Å². The van der Waals surface area contributed by atoms with Crippen molar-refractivity contribution in [1.29, 1.82) is 0 Å². The van der Waals surface area contributed by atoms with Gasteiger partial charge in [-0.1, -0.05) is 30.3 Å². The van der Waals surface area contributed by atoms with Crippen LogP contribution in [0.2, 0.25) is 0 Å². The number of aromatic nitrogens is 1. The van der Waals surface area contributed by atoms with Crippen LogP contribution in [0.1, 0.15) is 24.5 Å². The molecule has 0 aliphatic heterocycles. The van der Waals surface area contributed by atoms with Crippen molar-refractivity contribution in [2.45, 2.75) is 32.4 Å². The van der Waals surface area contributed by atoms with Gasteiger partial charge in [0.15, 0.2) is 0 Å². The number of rotatable bonds is 6. The highest BCUT2D eigenvalue weighted by molar-refractivity contribution is 5.85. The van der Waals surface area contributed by atoms with Crippen molar-refractivity contribution in [3.05, 3.63) is 66.0 Å². The molecule has 0 bridgehead atoms. The number of hydrogen-bond acceptors (Lipinski definition) is 2. The first-order chi connectivity index (χ1) is 8.84. The Labute approximate surface area is 121 Å². The second-order valence-corrected chi connectivity index (χ2v) is 4.66. The number of nitrogens with one attached hydrogen (secondary N) is 1. The first-order valence-electron chi connectivity index (χ1n) is 6.51. The largest absolute Gasteiger partial charge is 0.310 e. The van der Waals surface area contributed by atoms with Gasteiger partial charge in [0.2, 0.25) is 0 Å². The van der Waals surface area contributed by atoms with Crippen molar-refractivity contribution in [2.24, 2.45) is 0 Å². The van der Waals surface area contributed by atoms with E-state index in [9.17, 15) is 0 Å². The van der Waals surface area contributed by atoms with E-state index in [0.29, 0.717) is 6.04 Å². The van der Waals surface area contributed by atoms with Crippen LogP contribution in [0.4, 0.5) is 0 Å². The number of halogens is 1. The quantitative estimate of drug-likeness (QED) is 0.872. The molecule has 0 spiro atoms. The molecule has 0 fully saturated rings. The van der Waals surface area contributed by atoms with Gasteiger partial charge in [-0.2, -0.15) is 0 Å². The standard InChI is InChI=1S/C16H20N2.ClH/c1-14(7-8-15-5-3-2-4-6-15)18-13-16-9-11-17-12-10-16;/h2-6,9-12,14,18H,7-8,13H2,1H3;1H. The Morgan fingerprint density at radius 3 is 2.37 bits per heavy atom. The van der Waals surface area contributed by atoms with E-state index in [0.717, 1.165) is 19.4 Å². The first-order valence-corrected chi connectivity index (χ1v) is 6.51. The smallest absolute Gasteiger partial charge is 0.0271 e. The lowest BCUT2D eigenvalue weighted by Gasteiger charge is -2.13. The topological polar surface area (TPSA) is 24.9 Å². The van der Waals surface area contributed by atoms with E-state index < -0.39 is 0 Å². The van der Waals surface area contributed by atoms with Crippen LogP contribution >= 0.6 is 12.4 Å². The van der Waals surface area contributed by atoms with Crippen LogP contribution in [0, 0.1) is 0 Å². The summed E-state index contributed by atoms with van der Waals surface area (Å²) in [5.41, 5.74) is 2.70. The predicted octanol–water partition coefficient (Wildman–Crippen LogP) is 3.61. The van der Waals surface area contributed by atoms with E-state index in [4.69, 9.17) is 0 Å². The number of benzene rings is 1. The highest BCUT2D eigenvalue weighted by Crippen LogP contribution is 2.05. The summed E-state index contributed by atoms with van der Waals surface area (Å²) in [6, 6.07) is 15.3. The second-order valence-electron chi connectivity index (χ2n) is 4.66. The van der Waals surface area contributed by atoms with E-state index in [2.05, 4.69) is 59.7 Å². The lowest BCUT2D eigenvalue weighted by molar-refractivity contribution is 0.514. The summed E-state index contributed by atoms with van der Waals surface area (Å²) in [4.78, 5) is 4.02. The van der Waals surface area contributed by atoms with E-state index in [1.54, 1.807) is 0 Å². The first kappa shape index (κ1) is 15.7. The van der Waals surface area contributed by atoms with Crippen LogP contribution in [0.5, 0.6) is 0 Å². The Morgan fingerprint density at radius 2 is 1.68 bits per heavy atom. The maximum Gasteiger partial charge on any atom is 0.0271 e. The summed E-state index contributed by atoms with van der Waals surface area (Å²) in [6.07, 6.45) is 5.97. The molecule has 1 aromatic heterocycles. The van der Waals surface area contributed by atoms with Gasteiger partial charge >= 0.3 is 0 Å². The van der Waals surface area contributed by atoms with Gasteiger partial charge in [0.25, 0.3) is 0 Å². The molecule has 0 saturated carbocycles. The van der Waals surface area contributed by atoms with Gasteiger partial charge in [0.1, 0.15) is 0 Å². The Morgan fingerprint density at radius 1 is 1.00 bits per heavy atom. The fourth-order valence-electron chi connectivity index (χ4n) is 1.92. The Hall–Kier alpha value is -1.38. The fourth-order valence-corrected chi connectivity index (χ4v) is 1.92. The van der Waals surface area contributed by atoms with E-state index in [-0.39, 0.29) is 12.4 Å². The van der Waals surface area contributed by atoms with Gasteiger partial charge in [0, 0.05) is 25.0 Å². The van der Waals surface area contributed by atoms with Gasteiger partial charge in [-0.15, -0.1) is 12.4 Å². The SMILES string of the molecule is CC(CCc1ccccc1)NCc1ccncc1.Cl. The Bertz CT molecular complexity index is 401. The molecule has 1 unspecified atom stereocenters. The Kier molecular flexibility index (Phi) is 7.16. The molecule has 1 heterocycles. The average Bonchev–Trinajstić information content (AvgIpc) is 2.45. The third kappa shape index (κ3) is 5.86. The second kappa shape index (κ2) is 8.68. The molecule has 0 amide bonds. The van der Waals surface area contributed by atoms with Crippen LogP contribution in [0.25, 0.3) is 0 Å². The van der Waals surface area contributed by atoms with Crippen molar-refractivity contribution >= 4 is 12.4 Å². The van der Waals surface area contributed by atoms with Crippen molar-refractivity contribution in [1.82, 2.24) is 10.3 Å². The molecule has 1 aromatic carbocycles. The highest BCUT2D eigenvalue weighted by atomic mass is 35.5. The molecule has 1 N–H and O–H groups in total. The van der Waals surface area contributed by atoms with E-state index in [1.165, 1.54) is 11.1 Å². The summed E-state index contributed by atoms with van der Waals surface area (Å²) in [6.45, 7) is 3.16. The fraction of sp³-hybridized carbons (Fsp3) is 0.312. The minimum Gasteiger partial charge on any atom is -0.310 e. The molecule has 0 saturated heterocycles. The maximum absolute atomic E-state index is 4.02. The monoisotopic (exact) mass is 276 g/mol. The molecule has 2 nitrogen and oxygen atoms in total. The third-order valence-corrected chi connectivity index (χ3v) is 3.11. The van der Waals surface area contributed by atoms with Gasteiger partial charge in [-0.25, -0.2) is 0 Å². The van der Waals surface area contributed by atoms with Crippen molar-refractivity contribution in [3.63, 3.8) is 0 Å². The summed E-state index contributed by atoms with van der Waals surface area (Å²) in [5, 5.41) is 3.54. The summed E-state index contributed by atoms with van der Waals surface area (Å²) in [7, 11) is 0. The molecule has 2 rings (SSSR count). The maximum atomic E-state index is 4.02. The van der Waals surface area contributed by atoms with Crippen LogP contribution < -0.4 is 5.32 Å². The normalized spacial score (nSPS) is 11.6. The molecule has 102 valence electrons. The van der Waals surface area contributed by atoms with Crippen LogP contribution in [0.3, 0.4) is 0 Å². The lowest BCUT2D eigenvalue weighted by Crippen LogP contribution is -2.25. The zero-order chi connectivity index (χ0) is 12.6. The summed E-state index contributed by atoms with van der Waals surface area (Å²) >= 11 is 0. The number of nitrogens with zero attached hydrogens (tertiary/aromatic N) is 1. The molecular weight excluding hydrogens is 256 g/mol. The zero-order valence-corrected chi connectivity index (χ0v) is 12.1. The molecule has 19 heavy (non-hydrogen) atoms. The van der Waals surface area contributed by atoms with Crippen molar-refractivity contribution < 1.29 is 0 Å². The van der Waals surface area contributed by atoms with E-state index >= 15 is 0 Å². The van der Waals surface area contributed by atoms with E-state index in [1.807, 2.05) is 12.4 Å². The molecule has 1 atom stereocenters. The zero-order valence-electron chi connectivity index (χ0n) is 11.3. The molecule has 3 heteroatoms. The molecular formula is C16H21ClN2. The summed E-state index contributed by atoms with van der Waals surface area (Å²) in [5.74, 6) is 0. The minimum atomic E-state index is 0. The summed E-state index contributed by atoms with van der Waals surface area (Å²) < 4.78 is 0. The van der Waals surface area contributed by atoms with Crippen LogP contribution in [-0.4, -0.2) is 11.0 Å². The molecule has 0 aliphatic carbocycles. The molecule has 0 aliphatic rings. The van der Waals surface area contributed by atoms with Gasteiger partial charge in [-0.3, -0.25) is 4.98 Å². The van der Waals surface area contributed by atoms with Crippen LogP contribution in [-0.2, 0) is 13.0 Å². The number of hydrogen-bond donors (Lipinski definition) is 1. The Balaban J connectivity index is 0.00000180. The number of pyridine rings is 1. The highest BCUT2D eigenvalue weighted by Gasteiger charge is 2.02. The third-order valence-electron chi connectivity index (χ3n) is 3.11. The van der Waals surface area contributed by atoms with Gasteiger partial charge in [-0.05, 0) is 43.0 Å². The minimum absolute atomic E-state index is 0. The van der Waals surface area contributed by atoms with Crippen molar-refractivity contribution in [3.8, 4) is 0 Å². The predicted molar refractivity (Wildman–Crippen MR) is 82.5 cm³/mol. The molecule has 0 radical (unpaired) electrons. The lowest BCUT2D eigenvalue weighted by atomic mass is 10.1.